The second-order valence-corrected chi connectivity index (χ2v) is 6.64. The van der Waals surface area contributed by atoms with Crippen LogP contribution in [0.4, 0.5) is 0 Å². The summed E-state index contributed by atoms with van der Waals surface area (Å²) in [6, 6.07) is 16.1. The zero-order chi connectivity index (χ0) is 15.8. The minimum Gasteiger partial charge on any atom is -0.332 e. The fourth-order valence-electron chi connectivity index (χ4n) is 3.67. The van der Waals surface area contributed by atoms with Crippen LogP contribution in [0.5, 0.6) is 0 Å². The number of piperazine rings is 1. The van der Waals surface area contributed by atoms with Crippen LogP contribution in [-0.2, 0) is 11.2 Å². The highest BCUT2D eigenvalue weighted by atomic mass is 35.5. The van der Waals surface area contributed by atoms with Crippen LogP contribution in [0.2, 0.25) is 5.02 Å². The van der Waals surface area contributed by atoms with Crippen LogP contribution in [0.3, 0.4) is 0 Å². The smallest absolute Gasteiger partial charge is 0.231 e. The molecule has 2 unspecified atom stereocenters. The summed E-state index contributed by atoms with van der Waals surface area (Å²) in [4.78, 5) is 15.1. The maximum Gasteiger partial charge on any atom is 0.231 e. The number of amides is 1. The predicted molar refractivity (Wildman–Crippen MR) is 98.9 cm³/mol. The van der Waals surface area contributed by atoms with Gasteiger partial charge in [0.05, 0.1) is 12.0 Å². The molecule has 2 atom stereocenters. The molecule has 5 heteroatoms. The van der Waals surface area contributed by atoms with Gasteiger partial charge in [-0.2, -0.15) is 0 Å². The first-order valence-electron chi connectivity index (χ1n) is 8.09. The van der Waals surface area contributed by atoms with Crippen LogP contribution in [0.1, 0.15) is 28.7 Å². The molecule has 2 aliphatic rings. The number of nitrogens with zero attached hydrogens (tertiary/aromatic N) is 1. The summed E-state index contributed by atoms with van der Waals surface area (Å²) in [5, 5.41) is 4.12. The monoisotopic (exact) mass is 362 g/mol. The lowest BCUT2D eigenvalue weighted by atomic mass is 9.76. The highest BCUT2D eigenvalue weighted by Gasteiger charge is 2.38. The summed E-state index contributed by atoms with van der Waals surface area (Å²) in [6.45, 7) is 2.32. The summed E-state index contributed by atoms with van der Waals surface area (Å²) in [7, 11) is 0. The third-order valence-corrected chi connectivity index (χ3v) is 5.29. The molecule has 2 aromatic carbocycles. The first-order valence-corrected chi connectivity index (χ1v) is 8.47. The van der Waals surface area contributed by atoms with E-state index in [1.165, 1.54) is 11.1 Å². The lowest BCUT2D eigenvalue weighted by molar-refractivity contribution is -0.136. The van der Waals surface area contributed by atoms with E-state index in [-0.39, 0.29) is 30.3 Å². The summed E-state index contributed by atoms with van der Waals surface area (Å²) >= 11 is 6.37. The number of nitrogens with one attached hydrogen (secondary N) is 1. The van der Waals surface area contributed by atoms with Crippen molar-refractivity contribution in [3.63, 3.8) is 0 Å². The number of benzene rings is 2. The van der Waals surface area contributed by atoms with Gasteiger partial charge in [-0.1, -0.05) is 54.1 Å². The van der Waals surface area contributed by atoms with Crippen LogP contribution in [0.15, 0.2) is 48.5 Å². The van der Waals surface area contributed by atoms with E-state index in [1.54, 1.807) is 0 Å². The zero-order valence-corrected chi connectivity index (χ0v) is 14.8. The Kier molecular flexibility index (Phi) is 5.14. The van der Waals surface area contributed by atoms with E-state index in [2.05, 4.69) is 17.4 Å². The zero-order valence-electron chi connectivity index (χ0n) is 13.2. The Morgan fingerprint density at radius 2 is 1.79 bits per heavy atom. The van der Waals surface area contributed by atoms with Crippen molar-refractivity contribution < 1.29 is 4.79 Å². The van der Waals surface area contributed by atoms with Gasteiger partial charge >= 0.3 is 0 Å². The standard InChI is InChI=1S/C19H19ClN2O.ClH/c20-17-8-4-3-7-15(17)18-12-21-9-10-22(18)19(23)16-11-13-5-1-2-6-14(13)16;/h1-8,16,18,21H,9-12H2;1H. The molecule has 126 valence electrons. The van der Waals surface area contributed by atoms with Crippen LogP contribution < -0.4 is 5.32 Å². The molecular weight excluding hydrogens is 343 g/mol. The molecule has 1 N–H and O–H groups in total. The van der Waals surface area contributed by atoms with E-state index >= 15 is 0 Å². The normalized spacial score (nSPS) is 22.1. The maximum atomic E-state index is 13.1. The highest BCUT2D eigenvalue weighted by Crippen LogP contribution is 2.38. The SMILES string of the molecule is Cl.O=C(C1Cc2ccccc21)N1CCNCC1c1ccccc1Cl. The van der Waals surface area contributed by atoms with E-state index in [9.17, 15) is 4.79 Å². The molecular formula is C19H20Cl2N2O. The molecule has 2 aromatic rings. The average molecular weight is 363 g/mol. The van der Waals surface area contributed by atoms with Crippen molar-refractivity contribution in [3.8, 4) is 0 Å². The Morgan fingerprint density at radius 1 is 1.08 bits per heavy atom. The van der Waals surface area contributed by atoms with Gasteiger partial charge in [0.25, 0.3) is 0 Å². The van der Waals surface area contributed by atoms with Crippen molar-refractivity contribution >= 4 is 29.9 Å². The second kappa shape index (κ2) is 7.14. The summed E-state index contributed by atoms with van der Waals surface area (Å²) in [6.07, 6.45) is 0.855. The maximum absolute atomic E-state index is 13.1. The lowest BCUT2D eigenvalue weighted by Gasteiger charge is -2.41. The predicted octanol–water partition coefficient (Wildman–Crippen LogP) is 3.57. The Labute approximate surface area is 153 Å². The van der Waals surface area contributed by atoms with Gasteiger partial charge in [-0.15, -0.1) is 12.4 Å². The average Bonchev–Trinajstić information content (AvgIpc) is 2.56. The number of hydrogen-bond acceptors (Lipinski definition) is 2. The van der Waals surface area contributed by atoms with Crippen LogP contribution in [0, 0.1) is 0 Å². The van der Waals surface area contributed by atoms with Crippen molar-refractivity contribution in [2.45, 2.75) is 18.4 Å². The van der Waals surface area contributed by atoms with Crippen molar-refractivity contribution in [2.24, 2.45) is 0 Å². The van der Waals surface area contributed by atoms with E-state index in [0.29, 0.717) is 0 Å². The Hall–Kier alpha value is -1.55. The lowest BCUT2D eigenvalue weighted by Crippen LogP contribution is -2.51. The minimum absolute atomic E-state index is 0. The molecule has 24 heavy (non-hydrogen) atoms. The number of halogens is 2. The summed E-state index contributed by atoms with van der Waals surface area (Å²) in [5.41, 5.74) is 3.52. The van der Waals surface area contributed by atoms with Crippen molar-refractivity contribution in [1.29, 1.82) is 0 Å². The van der Waals surface area contributed by atoms with Gasteiger partial charge in [0.15, 0.2) is 0 Å². The number of fused-ring (bicyclic) bond motifs is 1. The van der Waals surface area contributed by atoms with Gasteiger partial charge in [-0.25, -0.2) is 0 Å². The second-order valence-electron chi connectivity index (χ2n) is 6.23. The van der Waals surface area contributed by atoms with Crippen molar-refractivity contribution in [2.75, 3.05) is 19.6 Å². The Bertz CT molecular complexity index is 750. The molecule has 4 rings (SSSR count). The van der Waals surface area contributed by atoms with Gasteiger partial charge < -0.3 is 10.2 Å². The van der Waals surface area contributed by atoms with Crippen molar-refractivity contribution in [3.05, 3.63) is 70.2 Å². The number of carbonyl (C=O) groups excluding carboxylic acids is 1. The van der Waals surface area contributed by atoms with Crippen molar-refractivity contribution in [1.82, 2.24) is 10.2 Å². The molecule has 1 amide bonds. The van der Waals surface area contributed by atoms with E-state index in [1.807, 2.05) is 41.3 Å². The van der Waals surface area contributed by atoms with Gasteiger partial charge in [0.2, 0.25) is 5.91 Å². The van der Waals surface area contributed by atoms with Gasteiger partial charge in [-0.05, 0) is 29.2 Å². The third kappa shape index (κ3) is 2.92. The van der Waals surface area contributed by atoms with Crippen LogP contribution in [0.25, 0.3) is 0 Å². The van der Waals surface area contributed by atoms with Crippen LogP contribution in [-0.4, -0.2) is 30.4 Å². The third-order valence-electron chi connectivity index (χ3n) is 4.94. The molecule has 0 radical (unpaired) electrons. The molecule has 3 nitrogen and oxygen atoms in total. The fourth-order valence-corrected chi connectivity index (χ4v) is 3.93. The summed E-state index contributed by atoms with van der Waals surface area (Å²) in [5.74, 6) is 0.240. The number of carbonyl (C=O) groups is 1. The van der Waals surface area contributed by atoms with Gasteiger partial charge in [-0.3, -0.25) is 4.79 Å². The molecule has 1 aliphatic carbocycles. The van der Waals surface area contributed by atoms with E-state index < -0.39 is 0 Å². The van der Waals surface area contributed by atoms with E-state index in [4.69, 9.17) is 11.6 Å². The molecule has 0 bridgehead atoms. The van der Waals surface area contributed by atoms with Crippen LogP contribution >= 0.6 is 24.0 Å². The van der Waals surface area contributed by atoms with E-state index in [0.717, 1.165) is 36.6 Å². The first kappa shape index (κ1) is 17.3. The number of hydrogen-bond donors (Lipinski definition) is 1. The fraction of sp³-hybridized carbons (Fsp3) is 0.316. The molecule has 1 fully saturated rings. The highest BCUT2D eigenvalue weighted by molar-refractivity contribution is 6.31. The molecule has 1 saturated heterocycles. The number of rotatable bonds is 2. The summed E-state index contributed by atoms with van der Waals surface area (Å²) < 4.78 is 0. The quantitative estimate of drug-likeness (QED) is 0.885. The Balaban J connectivity index is 0.00000169. The molecule has 0 spiro atoms. The van der Waals surface area contributed by atoms with Gasteiger partial charge in [0.1, 0.15) is 0 Å². The largest absolute Gasteiger partial charge is 0.332 e. The Morgan fingerprint density at radius 3 is 2.54 bits per heavy atom. The van der Waals surface area contributed by atoms with Gasteiger partial charge in [0, 0.05) is 24.7 Å². The molecule has 0 aromatic heterocycles. The topological polar surface area (TPSA) is 32.3 Å². The molecule has 1 aliphatic heterocycles. The molecule has 1 heterocycles. The first-order chi connectivity index (χ1) is 11.3. The molecule has 0 saturated carbocycles. The minimum atomic E-state index is 0.